The third-order valence-electron chi connectivity index (χ3n) is 5.78. The monoisotopic (exact) mass is 407 g/mol. The Hall–Kier alpha value is -3.97. The highest BCUT2D eigenvalue weighted by Gasteiger charge is 2.25. The first kappa shape index (κ1) is 19.0. The van der Waals surface area contributed by atoms with E-state index in [-0.39, 0.29) is 5.82 Å². The van der Waals surface area contributed by atoms with E-state index in [1.807, 2.05) is 68.1 Å². The lowest BCUT2D eigenvalue weighted by molar-refractivity contribution is -0.660. The lowest BCUT2D eigenvalue weighted by Crippen LogP contribution is -2.30. The maximum absolute atomic E-state index is 15.3. The van der Waals surface area contributed by atoms with Gasteiger partial charge >= 0.3 is 0 Å². The predicted molar refractivity (Wildman–Crippen MR) is 121 cm³/mol. The summed E-state index contributed by atoms with van der Waals surface area (Å²) in [5, 5.41) is 1.13. The molecule has 0 saturated heterocycles. The zero-order valence-corrected chi connectivity index (χ0v) is 17.5. The molecule has 0 bridgehead atoms. The van der Waals surface area contributed by atoms with Gasteiger partial charge in [0.15, 0.2) is 17.5 Å². The van der Waals surface area contributed by atoms with E-state index < -0.39 is 0 Å². The molecule has 0 aliphatic rings. The fraction of sp³-hybridized carbons (Fsp3) is 0.111. The van der Waals surface area contributed by atoms with Crippen LogP contribution < -0.4 is 4.57 Å². The van der Waals surface area contributed by atoms with Crippen LogP contribution in [0.4, 0.5) is 10.1 Å². The van der Waals surface area contributed by atoms with Crippen LogP contribution in [0.3, 0.4) is 0 Å². The molecule has 3 nitrogen and oxygen atoms in total. The summed E-state index contributed by atoms with van der Waals surface area (Å²) in [6, 6.07) is 18.9. The molecule has 4 heteroatoms. The number of hydrogen-bond donors (Lipinski definition) is 0. The highest BCUT2D eigenvalue weighted by molar-refractivity contribution is 6.15. The molecule has 150 valence electrons. The Morgan fingerprint density at radius 3 is 2.45 bits per heavy atom. The second kappa shape index (κ2) is 7.07. The van der Waals surface area contributed by atoms with E-state index in [4.69, 9.17) is 11.0 Å². The summed E-state index contributed by atoms with van der Waals surface area (Å²) < 4.78 is 23.7. The van der Waals surface area contributed by atoms with Gasteiger partial charge in [-0.15, -0.1) is 0 Å². The van der Waals surface area contributed by atoms with Gasteiger partial charge in [0.25, 0.3) is 0 Å². The molecule has 5 rings (SSSR count). The van der Waals surface area contributed by atoms with E-state index in [9.17, 15) is 0 Å². The van der Waals surface area contributed by atoms with Gasteiger partial charge in [0.2, 0.25) is 5.69 Å². The van der Waals surface area contributed by atoms with Crippen molar-refractivity contribution >= 4 is 27.6 Å². The molecule has 31 heavy (non-hydrogen) atoms. The number of aromatic nitrogens is 1. The topological polar surface area (TPSA) is 21.4 Å². The van der Waals surface area contributed by atoms with E-state index in [0.717, 1.165) is 27.9 Å². The summed E-state index contributed by atoms with van der Waals surface area (Å²) >= 11 is 0. The van der Waals surface area contributed by atoms with Crippen molar-refractivity contribution in [3.05, 3.63) is 95.2 Å². The number of nitrogens with zero attached hydrogens (tertiary/aromatic N) is 2. The number of rotatable bonds is 2. The van der Waals surface area contributed by atoms with Crippen molar-refractivity contribution in [1.29, 1.82) is 0 Å². The van der Waals surface area contributed by atoms with Gasteiger partial charge in [0, 0.05) is 23.1 Å². The predicted octanol–water partition coefficient (Wildman–Crippen LogP) is 7.05. The first-order valence-electron chi connectivity index (χ1n) is 10.1. The molecule has 2 aromatic heterocycles. The number of furan rings is 1. The summed E-state index contributed by atoms with van der Waals surface area (Å²) in [5.41, 5.74) is 6.83. The third kappa shape index (κ3) is 2.90. The van der Waals surface area contributed by atoms with Crippen molar-refractivity contribution in [3.8, 4) is 22.4 Å². The molecule has 0 fully saturated rings. The molecule has 0 unspecified atom stereocenters. The van der Waals surface area contributed by atoms with E-state index in [1.165, 1.54) is 0 Å². The van der Waals surface area contributed by atoms with Gasteiger partial charge < -0.3 is 4.42 Å². The normalized spacial score (nSPS) is 11.2. The van der Waals surface area contributed by atoms with Crippen molar-refractivity contribution in [3.63, 3.8) is 0 Å². The van der Waals surface area contributed by atoms with Gasteiger partial charge in [-0.1, -0.05) is 42.5 Å². The van der Waals surface area contributed by atoms with Crippen LogP contribution in [0.25, 0.3) is 49.2 Å². The molecule has 0 N–H and O–H groups in total. The fourth-order valence-corrected chi connectivity index (χ4v) is 4.30. The van der Waals surface area contributed by atoms with Crippen LogP contribution in [0.15, 0.2) is 71.3 Å². The Morgan fingerprint density at radius 1 is 0.935 bits per heavy atom. The van der Waals surface area contributed by atoms with Crippen LogP contribution in [-0.2, 0) is 7.05 Å². The standard InChI is InChI=1S/C27H20FN2O/c1-16-12-13-30(4)22(14-16)23-17(2)15-20(28)25-19-10-11-21(29-3)24(26(19)31-27(23)25)18-8-6-5-7-9-18/h5-15H,1-2,4H3/q+1. The molecule has 0 radical (unpaired) electrons. The van der Waals surface area contributed by atoms with Crippen LogP contribution >= 0.6 is 0 Å². The molecule has 5 aromatic rings. The molecule has 0 amide bonds. The van der Waals surface area contributed by atoms with Crippen LogP contribution in [0.2, 0.25) is 0 Å². The number of benzene rings is 3. The summed E-state index contributed by atoms with van der Waals surface area (Å²) in [7, 11) is 1.97. The SMILES string of the molecule is [C-]#[N+]c1ccc2c(oc3c(-c4cc(C)cc[n+]4C)c(C)cc(F)c32)c1-c1ccccc1. The lowest BCUT2D eigenvalue weighted by Gasteiger charge is -2.07. The van der Waals surface area contributed by atoms with Gasteiger partial charge in [0.05, 0.1) is 17.5 Å². The summed E-state index contributed by atoms with van der Waals surface area (Å²) in [6.45, 7) is 11.6. The van der Waals surface area contributed by atoms with Gasteiger partial charge in [-0.25, -0.2) is 13.8 Å². The third-order valence-corrected chi connectivity index (χ3v) is 5.78. The van der Waals surface area contributed by atoms with E-state index >= 15 is 4.39 Å². The Morgan fingerprint density at radius 2 is 1.71 bits per heavy atom. The van der Waals surface area contributed by atoms with Crippen LogP contribution in [-0.4, -0.2) is 0 Å². The Balaban J connectivity index is 1.97. The minimum atomic E-state index is -0.320. The van der Waals surface area contributed by atoms with Crippen molar-refractivity contribution in [2.75, 3.05) is 0 Å². The zero-order valence-electron chi connectivity index (χ0n) is 17.5. The molecule has 0 atom stereocenters. The highest BCUT2D eigenvalue weighted by Crippen LogP contribution is 2.45. The lowest BCUT2D eigenvalue weighted by atomic mass is 9.97. The molecule has 3 aromatic carbocycles. The van der Waals surface area contributed by atoms with E-state index in [2.05, 4.69) is 10.9 Å². The molecular formula is C27H20FN2O+. The number of halogens is 1. The number of pyridine rings is 1. The first-order chi connectivity index (χ1) is 15.0. The molecule has 2 heterocycles. The van der Waals surface area contributed by atoms with Crippen molar-refractivity contribution in [2.24, 2.45) is 7.05 Å². The fourth-order valence-electron chi connectivity index (χ4n) is 4.30. The van der Waals surface area contributed by atoms with Crippen LogP contribution in [0.1, 0.15) is 11.1 Å². The maximum atomic E-state index is 15.3. The number of hydrogen-bond acceptors (Lipinski definition) is 1. The summed E-state index contributed by atoms with van der Waals surface area (Å²) in [5.74, 6) is -0.320. The van der Waals surface area contributed by atoms with Crippen molar-refractivity contribution in [2.45, 2.75) is 13.8 Å². The van der Waals surface area contributed by atoms with Gasteiger partial charge in [0.1, 0.15) is 18.4 Å². The zero-order chi connectivity index (χ0) is 21.7. The van der Waals surface area contributed by atoms with Crippen LogP contribution in [0.5, 0.6) is 0 Å². The second-order valence-electron chi connectivity index (χ2n) is 7.87. The first-order valence-corrected chi connectivity index (χ1v) is 10.1. The molecular weight excluding hydrogens is 387 g/mol. The molecule has 0 aliphatic heterocycles. The minimum absolute atomic E-state index is 0.320. The second-order valence-corrected chi connectivity index (χ2v) is 7.87. The minimum Gasteiger partial charge on any atom is -0.456 e. The summed E-state index contributed by atoms with van der Waals surface area (Å²) in [6.07, 6.45) is 1.99. The number of fused-ring (bicyclic) bond motifs is 3. The molecule has 0 aliphatic carbocycles. The van der Waals surface area contributed by atoms with Gasteiger partial charge in [-0.3, -0.25) is 0 Å². The van der Waals surface area contributed by atoms with Crippen LogP contribution in [0, 0.1) is 26.2 Å². The largest absolute Gasteiger partial charge is 0.456 e. The Labute approximate surface area is 179 Å². The van der Waals surface area contributed by atoms with Gasteiger partial charge in [-0.2, -0.15) is 0 Å². The van der Waals surface area contributed by atoms with E-state index in [0.29, 0.717) is 33.2 Å². The average molecular weight is 407 g/mol. The Kier molecular flexibility index (Phi) is 4.34. The summed E-state index contributed by atoms with van der Waals surface area (Å²) in [4.78, 5) is 3.71. The highest BCUT2D eigenvalue weighted by atomic mass is 19.1. The van der Waals surface area contributed by atoms with E-state index in [1.54, 1.807) is 18.2 Å². The molecule has 0 saturated carbocycles. The number of aryl methyl sites for hydroxylation is 3. The average Bonchev–Trinajstić information content (AvgIpc) is 3.15. The smallest absolute Gasteiger partial charge is 0.216 e. The van der Waals surface area contributed by atoms with Crippen molar-refractivity contribution in [1.82, 2.24) is 0 Å². The maximum Gasteiger partial charge on any atom is 0.216 e. The quantitative estimate of drug-likeness (QED) is 0.227. The Bertz CT molecular complexity index is 1530. The molecule has 0 spiro atoms. The van der Waals surface area contributed by atoms with Crippen molar-refractivity contribution < 1.29 is 13.4 Å². The van der Waals surface area contributed by atoms with Gasteiger partial charge in [-0.05, 0) is 36.6 Å².